The van der Waals surface area contributed by atoms with Crippen molar-refractivity contribution in [2.24, 2.45) is 0 Å². The van der Waals surface area contributed by atoms with E-state index in [0.29, 0.717) is 0 Å². The molecule has 0 radical (unpaired) electrons. The van der Waals surface area contributed by atoms with Crippen LogP contribution in [0, 0.1) is 0 Å². The van der Waals surface area contributed by atoms with Gasteiger partial charge in [0.05, 0.1) is 12.7 Å². The monoisotopic (exact) mass is 318 g/mol. The van der Waals surface area contributed by atoms with Crippen LogP contribution < -0.4 is 5.84 Å². The number of unbranched alkanes of at least 4 members (excludes halogenated alkanes) is 1. The van der Waals surface area contributed by atoms with Gasteiger partial charge in [0.15, 0.2) is 5.82 Å². The Morgan fingerprint density at radius 1 is 1.36 bits per heavy atom. The highest BCUT2D eigenvalue weighted by Crippen LogP contribution is 2.31. The highest BCUT2D eigenvalue weighted by molar-refractivity contribution is 7.99. The third-order valence-corrected chi connectivity index (χ3v) is 4.95. The number of hydrogen-bond donors (Lipinski definition) is 1. The van der Waals surface area contributed by atoms with Crippen LogP contribution in [0.4, 0.5) is 0 Å². The summed E-state index contributed by atoms with van der Waals surface area (Å²) in [6.07, 6.45) is 4.18. The summed E-state index contributed by atoms with van der Waals surface area (Å²) in [4.78, 5) is 0. The van der Waals surface area contributed by atoms with Crippen molar-refractivity contribution in [3.05, 3.63) is 41.2 Å². The minimum atomic E-state index is 0.103. The Labute approximate surface area is 135 Å². The summed E-state index contributed by atoms with van der Waals surface area (Å²) in [6, 6.07) is 8.49. The number of hydrogen-bond acceptors (Lipinski definition) is 5. The maximum absolute atomic E-state index is 6.08. The standard InChI is InChI=1S/C16H22N4OS/c1-2-3-8-15-18-19-16(20(15)17)22-11-14-13-7-5-4-6-12(13)9-10-21-14/h4-7,14H,2-3,8-11,17H2,1H3/t14-/m1/s1. The minimum Gasteiger partial charge on any atom is -0.372 e. The molecule has 3 rings (SSSR count). The fourth-order valence-corrected chi connectivity index (χ4v) is 3.60. The van der Waals surface area contributed by atoms with Crippen LogP contribution in [-0.2, 0) is 17.6 Å². The lowest BCUT2D eigenvalue weighted by Gasteiger charge is -2.25. The number of rotatable bonds is 6. The van der Waals surface area contributed by atoms with Gasteiger partial charge in [-0.15, -0.1) is 10.2 Å². The smallest absolute Gasteiger partial charge is 0.209 e. The number of nitrogen functional groups attached to an aromatic ring is 1. The molecule has 0 fully saturated rings. The average Bonchev–Trinajstić information content (AvgIpc) is 2.91. The number of fused-ring (bicyclic) bond motifs is 1. The number of nitrogens with two attached hydrogens (primary N) is 1. The third-order valence-electron chi connectivity index (χ3n) is 3.95. The number of nitrogens with zero attached hydrogens (tertiary/aromatic N) is 3. The van der Waals surface area contributed by atoms with Crippen molar-refractivity contribution in [3.8, 4) is 0 Å². The molecule has 1 aliphatic rings. The van der Waals surface area contributed by atoms with Crippen molar-refractivity contribution >= 4 is 11.8 Å². The first-order valence-corrected chi connectivity index (χ1v) is 8.79. The van der Waals surface area contributed by atoms with Crippen LogP contribution >= 0.6 is 11.8 Å². The van der Waals surface area contributed by atoms with E-state index in [1.165, 1.54) is 11.1 Å². The summed E-state index contributed by atoms with van der Waals surface area (Å²) in [6.45, 7) is 2.93. The van der Waals surface area contributed by atoms with Gasteiger partial charge in [0, 0.05) is 12.2 Å². The average molecular weight is 318 g/mol. The number of aryl methyl sites for hydroxylation is 1. The Bertz CT molecular complexity index is 628. The Morgan fingerprint density at radius 3 is 3.09 bits per heavy atom. The molecule has 0 saturated carbocycles. The second-order valence-electron chi connectivity index (χ2n) is 5.49. The van der Waals surface area contributed by atoms with Gasteiger partial charge < -0.3 is 10.6 Å². The summed E-state index contributed by atoms with van der Waals surface area (Å²) in [5.74, 6) is 7.75. The first kappa shape index (κ1) is 15.4. The van der Waals surface area contributed by atoms with Gasteiger partial charge in [-0.25, -0.2) is 4.68 Å². The molecule has 1 aromatic heterocycles. The highest BCUT2D eigenvalue weighted by atomic mass is 32.2. The Morgan fingerprint density at radius 2 is 2.23 bits per heavy atom. The molecule has 1 aliphatic heterocycles. The topological polar surface area (TPSA) is 66.0 Å². The molecule has 0 bridgehead atoms. The fourth-order valence-electron chi connectivity index (χ4n) is 2.68. The molecule has 6 heteroatoms. The Hall–Kier alpha value is -1.53. The molecule has 22 heavy (non-hydrogen) atoms. The molecule has 2 aromatic rings. The summed E-state index contributed by atoms with van der Waals surface area (Å²) in [7, 11) is 0. The van der Waals surface area contributed by atoms with Gasteiger partial charge in [-0.3, -0.25) is 0 Å². The largest absolute Gasteiger partial charge is 0.372 e. The van der Waals surface area contributed by atoms with Crippen LogP contribution in [0.15, 0.2) is 29.4 Å². The van der Waals surface area contributed by atoms with Crippen LogP contribution in [0.2, 0.25) is 0 Å². The third kappa shape index (κ3) is 3.28. The number of ether oxygens (including phenoxy) is 1. The van der Waals surface area contributed by atoms with Gasteiger partial charge in [0.2, 0.25) is 5.16 Å². The summed E-state index contributed by atoms with van der Waals surface area (Å²) in [5, 5.41) is 9.15. The van der Waals surface area contributed by atoms with E-state index in [9.17, 15) is 0 Å². The van der Waals surface area contributed by atoms with Crippen LogP contribution in [0.1, 0.15) is 42.8 Å². The lowest BCUT2D eigenvalue weighted by Crippen LogP contribution is -2.19. The molecule has 0 unspecified atom stereocenters. The maximum Gasteiger partial charge on any atom is 0.209 e. The second-order valence-corrected chi connectivity index (χ2v) is 6.48. The molecule has 2 N–H and O–H groups in total. The molecule has 0 saturated heterocycles. The first-order chi connectivity index (χ1) is 10.8. The van der Waals surface area contributed by atoms with E-state index in [4.69, 9.17) is 10.6 Å². The zero-order valence-electron chi connectivity index (χ0n) is 12.9. The molecule has 1 atom stereocenters. The quantitative estimate of drug-likeness (QED) is 0.655. The van der Waals surface area contributed by atoms with Crippen molar-refractivity contribution in [1.82, 2.24) is 14.9 Å². The molecule has 2 heterocycles. The molecule has 0 aliphatic carbocycles. The van der Waals surface area contributed by atoms with Gasteiger partial charge in [-0.05, 0) is 24.0 Å². The van der Waals surface area contributed by atoms with Gasteiger partial charge in [0.25, 0.3) is 0 Å². The summed E-state index contributed by atoms with van der Waals surface area (Å²) >= 11 is 1.61. The van der Waals surface area contributed by atoms with E-state index in [1.807, 2.05) is 0 Å². The molecule has 118 valence electrons. The van der Waals surface area contributed by atoms with E-state index in [0.717, 1.165) is 49.0 Å². The van der Waals surface area contributed by atoms with Gasteiger partial charge in [-0.1, -0.05) is 49.4 Å². The van der Waals surface area contributed by atoms with E-state index in [-0.39, 0.29) is 6.10 Å². The van der Waals surface area contributed by atoms with Crippen molar-refractivity contribution in [2.75, 3.05) is 18.2 Å². The van der Waals surface area contributed by atoms with E-state index < -0.39 is 0 Å². The number of thioether (sulfide) groups is 1. The van der Waals surface area contributed by atoms with Gasteiger partial charge in [-0.2, -0.15) is 0 Å². The zero-order valence-corrected chi connectivity index (χ0v) is 13.7. The normalized spacial score (nSPS) is 17.4. The van der Waals surface area contributed by atoms with Crippen molar-refractivity contribution < 1.29 is 4.74 Å². The Kier molecular flexibility index (Phi) is 5.00. The molecule has 0 amide bonds. The lowest BCUT2D eigenvalue weighted by molar-refractivity contribution is 0.0587. The van der Waals surface area contributed by atoms with E-state index >= 15 is 0 Å². The SMILES string of the molecule is CCCCc1nnc(SC[C@H]2OCCc3ccccc32)n1N. The predicted molar refractivity (Wildman–Crippen MR) is 88.3 cm³/mol. The Balaban J connectivity index is 1.65. The molecule has 5 nitrogen and oxygen atoms in total. The van der Waals surface area contributed by atoms with E-state index in [2.05, 4.69) is 41.4 Å². The van der Waals surface area contributed by atoms with Crippen molar-refractivity contribution in [2.45, 2.75) is 43.9 Å². The second kappa shape index (κ2) is 7.15. The van der Waals surface area contributed by atoms with Crippen LogP contribution in [0.25, 0.3) is 0 Å². The van der Waals surface area contributed by atoms with E-state index in [1.54, 1.807) is 16.4 Å². The van der Waals surface area contributed by atoms with Crippen molar-refractivity contribution in [3.63, 3.8) is 0 Å². The molecular formula is C16H22N4OS. The summed E-state index contributed by atoms with van der Waals surface area (Å²) in [5.41, 5.74) is 2.67. The molecule has 1 aromatic carbocycles. The molecular weight excluding hydrogens is 296 g/mol. The molecule has 0 spiro atoms. The fraction of sp³-hybridized carbons (Fsp3) is 0.500. The minimum absolute atomic E-state index is 0.103. The summed E-state index contributed by atoms with van der Waals surface area (Å²) < 4.78 is 7.54. The highest BCUT2D eigenvalue weighted by Gasteiger charge is 2.21. The van der Waals surface area contributed by atoms with Crippen LogP contribution in [0.3, 0.4) is 0 Å². The van der Waals surface area contributed by atoms with Crippen molar-refractivity contribution in [1.29, 1.82) is 0 Å². The van der Waals surface area contributed by atoms with Gasteiger partial charge in [0.1, 0.15) is 0 Å². The lowest BCUT2D eigenvalue weighted by atomic mass is 9.99. The number of aromatic nitrogens is 3. The predicted octanol–water partition coefficient (Wildman–Crippen LogP) is 2.74. The first-order valence-electron chi connectivity index (χ1n) is 7.81. The van der Waals surface area contributed by atoms with Crippen LogP contribution in [0.5, 0.6) is 0 Å². The zero-order chi connectivity index (χ0) is 15.4. The van der Waals surface area contributed by atoms with Crippen LogP contribution in [-0.4, -0.2) is 27.2 Å². The maximum atomic E-state index is 6.08. The van der Waals surface area contributed by atoms with Gasteiger partial charge >= 0.3 is 0 Å². The number of benzene rings is 1.